The van der Waals surface area contributed by atoms with Crippen molar-refractivity contribution < 1.29 is 0 Å². The van der Waals surface area contributed by atoms with E-state index in [1.54, 1.807) is 11.8 Å². The van der Waals surface area contributed by atoms with Gasteiger partial charge >= 0.3 is 0 Å². The number of azo groups is 1. The fourth-order valence-corrected chi connectivity index (χ4v) is 3.14. The van der Waals surface area contributed by atoms with E-state index in [0.29, 0.717) is 6.54 Å². The molecule has 0 amide bonds. The zero-order valence-electron chi connectivity index (χ0n) is 8.37. The molecule has 1 unspecified atom stereocenters. The molecule has 0 bridgehead atoms. The van der Waals surface area contributed by atoms with Crippen molar-refractivity contribution in [3.8, 4) is 0 Å². The number of hydrogen-bond donors (Lipinski definition) is 0. The molecular weight excluding hydrogens is 220 g/mol. The summed E-state index contributed by atoms with van der Waals surface area (Å²) in [6.45, 7) is 0.715. The van der Waals surface area contributed by atoms with Gasteiger partial charge in [-0.2, -0.15) is 5.11 Å². The molecule has 0 spiro atoms. The van der Waals surface area contributed by atoms with Crippen LogP contribution in [0.15, 0.2) is 50.2 Å². The lowest BCUT2D eigenvalue weighted by atomic mass is 10.3. The molecule has 1 aromatic carbocycles. The first-order chi connectivity index (χ1) is 7.92. The van der Waals surface area contributed by atoms with Crippen LogP contribution in [0.2, 0.25) is 0 Å². The number of fused-ring (bicyclic) bond motifs is 3. The first-order valence-corrected chi connectivity index (χ1v) is 6.00. The first-order valence-electron chi connectivity index (χ1n) is 5.12. The van der Waals surface area contributed by atoms with Gasteiger partial charge in [-0.05, 0) is 6.07 Å². The SMILES string of the molecule is C1=c2ccccc2=NC2SC3=C(N=NC3)N12. The van der Waals surface area contributed by atoms with E-state index in [1.165, 1.54) is 4.91 Å². The van der Waals surface area contributed by atoms with E-state index in [4.69, 9.17) is 4.99 Å². The van der Waals surface area contributed by atoms with Gasteiger partial charge in [-0.1, -0.05) is 30.0 Å². The fraction of sp³-hybridized carbons (Fsp3) is 0.182. The second-order valence-electron chi connectivity index (χ2n) is 3.81. The minimum absolute atomic E-state index is 0.124. The van der Waals surface area contributed by atoms with E-state index < -0.39 is 0 Å². The lowest BCUT2D eigenvalue weighted by Crippen LogP contribution is -2.37. The third-order valence-electron chi connectivity index (χ3n) is 2.82. The van der Waals surface area contributed by atoms with E-state index in [0.717, 1.165) is 16.4 Å². The van der Waals surface area contributed by atoms with Crippen molar-refractivity contribution in [3.63, 3.8) is 0 Å². The lowest BCUT2D eigenvalue weighted by molar-refractivity contribution is 0.472. The van der Waals surface area contributed by atoms with E-state index in [2.05, 4.69) is 33.5 Å². The predicted molar refractivity (Wildman–Crippen MR) is 61.7 cm³/mol. The molecule has 3 aliphatic rings. The summed E-state index contributed by atoms with van der Waals surface area (Å²) in [7, 11) is 0. The van der Waals surface area contributed by atoms with Gasteiger partial charge in [0, 0.05) is 11.4 Å². The summed E-state index contributed by atoms with van der Waals surface area (Å²) in [5.74, 6) is 0.980. The summed E-state index contributed by atoms with van der Waals surface area (Å²) in [5, 5.41) is 10.4. The number of nitrogens with zero attached hydrogens (tertiary/aromatic N) is 4. The van der Waals surface area contributed by atoms with Gasteiger partial charge in [0.2, 0.25) is 0 Å². The van der Waals surface area contributed by atoms with Crippen LogP contribution in [-0.2, 0) is 0 Å². The number of hydrogen-bond acceptors (Lipinski definition) is 5. The first kappa shape index (κ1) is 8.52. The third kappa shape index (κ3) is 1.03. The molecule has 0 N–H and O–H groups in total. The highest BCUT2D eigenvalue weighted by molar-refractivity contribution is 8.03. The Bertz CT molecular complexity index is 646. The van der Waals surface area contributed by atoms with Gasteiger partial charge in [0.1, 0.15) is 0 Å². The van der Waals surface area contributed by atoms with E-state index in [-0.39, 0.29) is 5.50 Å². The van der Waals surface area contributed by atoms with E-state index >= 15 is 0 Å². The standard InChI is InChI=1S/C11H8N4S/c1-2-4-8-7(3-1)6-15-10-9(5-12-14-10)16-11(15)13-8/h1-4,6,11H,5H2. The van der Waals surface area contributed by atoms with Crippen LogP contribution in [-0.4, -0.2) is 16.9 Å². The maximum atomic E-state index is 4.70. The average molecular weight is 228 g/mol. The molecule has 1 atom stereocenters. The zero-order chi connectivity index (χ0) is 10.5. The van der Waals surface area contributed by atoms with Crippen molar-refractivity contribution in [2.75, 3.05) is 6.54 Å². The molecule has 16 heavy (non-hydrogen) atoms. The van der Waals surface area contributed by atoms with Crippen LogP contribution in [0.5, 0.6) is 0 Å². The van der Waals surface area contributed by atoms with Gasteiger partial charge < -0.3 is 0 Å². The molecule has 0 aromatic heterocycles. The molecule has 78 valence electrons. The van der Waals surface area contributed by atoms with Gasteiger partial charge in [-0.15, -0.1) is 5.11 Å². The topological polar surface area (TPSA) is 40.3 Å². The highest BCUT2D eigenvalue weighted by Gasteiger charge is 2.34. The normalized spacial score (nSPS) is 24.8. The minimum Gasteiger partial charge on any atom is -0.298 e. The Morgan fingerprint density at radius 2 is 2.25 bits per heavy atom. The maximum absolute atomic E-state index is 4.70. The average Bonchev–Trinajstić information content (AvgIpc) is 2.86. The zero-order valence-corrected chi connectivity index (χ0v) is 9.18. The molecule has 3 aliphatic heterocycles. The summed E-state index contributed by atoms with van der Waals surface area (Å²) in [5.41, 5.74) is 0.124. The summed E-state index contributed by atoms with van der Waals surface area (Å²) < 4.78 is 0. The quantitative estimate of drug-likeness (QED) is 0.665. The Morgan fingerprint density at radius 3 is 3.25 bits per heavy atom. The molecule has 0 saturated heterocycles. The van der Waals surface area contributed by atoms with Gasteiger partial charge in [0.15, 0.2) is 11.3 Å². The smallest absolute Gasteiger partial charge is 0.179 e. The monoisotopic (exact) mass is 228 g/mol. The Morgan fingerprint density at radius 1 is 1.31 bits per heavy atom. The van der Waals surface area contributed by atoms with Crippen LogP contribution < -0.4 is 10.6 Å². The highest BCUT2D eigenvalue weighted by Crippen LogP contribution is 2.42. The molecule has 4 rings (SSSR count). The molecule has 0 fully saturated rings. The highest BCUT2D eigenvalue weighted by atomic mass is 32.2. The second kappa shape index (κ2) is 2.95. The number of para-hydroxylation sites is 1. The van der Waals surface area contributed by atoms with Crippen LogP contribution in [0.25, 0.3) is 6.20 Å². The van der Waals surface area contributed by atoms with Crippen LogP contribution in [0.3, 0.4) is 0 Å². The van der Waals surface area contributed by atoms with Crippen LogP contribution in [0.1, 0.15) is 0 Å². The van der Waals surface area contributed by atoms with Crippen molar-refractivity contribution in [1.29, 1.82) is 0 Å². The molecule has 5 heteroatoms. The van der Waals surface area contributed by atoms with Crippen molar-refractivity contribution in [2.24, 2.45) is 15.2 Å². The van der Waals surface area contributed by atoms with Gasteiger partial charge in [-0.25, -0.2) is 4.99 Å². The van der Waals surface area contributed by atoms with Crippen molar-refractivity contribution in [3.05, 3.63) is 45.6 Å². The van der Waals surface area contributed by atoms with Crippen molar-refractivity contribution >= 4 is 18.0 Å². The third-order valence-corrected chi connectivity index (χ3v) is 3.96. The molecule has 4 nitrogen and oxygen atoms in total. The van der Waals surface area contributed by atoms with Crippen molar-refractivity contribution in [2.45, 2.75) is 5.50 Å². The minimum atomic E-state index is 0.124. The number of thioether (sulfide) groups is 1. The van der Waals surface area contributed by atoms with Crippen LogP contribution in [0, 0.1) is 0 Å². The number of rotatable bonds is 0. The summed E-state index contributed by atoms with van der Waals surface area (Å²) in [6.07, 6.45) is 2.12. The molecule has 3 heterocycles. The van der Waals surface area contributed by atoms with Gasteiger partial charge in [0.25, 0.3) is 0 Å². The summed E-state index contributed by atoms with van der Waals surface area (Å²) in [4.78, 5) is 8.05. The summed E-state index contributed by atoms with van der Waals surface area (Å²) >= 11 is 1.75. The fourth-order valence-electron chi connectivity index (χ4n) is 2.06. The van der Waals surface area contributed by atoms with Crippen LogP contribution >= 0.6 is 11.8 Å². The predicted octanol–water partition coefficient (Wildman–Crippen LogP) is 1.03. The molecule has 1 aromatic rings. The van der Waals surface area contributed by atoms with E-state index in [1.807, 2.05) is 12.1 Å². The largest absolute Gasteiger partial charge is 0.298 e. The second-order valence-corrected chi connectivity index (χ2v) is 4.96. The number of benzene rings is 1. The maximum Gasteiger partial charge on any atom is 0.179 e. The molecule has 0 saturated carbocycles. The summed E-state index contributed by atoms with van der Waals surface area (Å²) in [6, 6.07) is 8.17. The molecular formula is C11H8N4S. The Labute approximate surface area is 96.1 Å². The Hall–Kier alpha value is -1.62. The lowest BCUT2D eigenvalue weighted by Gasteiger charge is -2.21. The Balaban J connectivity index is 1.93. The van der Waals surface area contributed by atoms with Crippen LogP contribution in [0.4, 0.5) is 0 Å². The Kier molecular flexibility index (Phi) is 1.57. The van der Waals surface area contributed by atoms with Gasteiger partial charge in [-0.3, -0.25) is 4.90 Å². The van der Waals surface area contributed by atoms with Crippen molar-refractivity contribution in [1.82, 2.24) is 4.90 Å². The van der Waals surface area contributed by atoms with E-state index in [9.17, 15) is 0 Å². The molecule has 0 aliphatic carbocycles. The molecule has 0 radical (unpaired) electrons. The van der Waals surface area contributed by atoms with Gasteiger partial charge in [0.05, 0.1) is 16.8 Å².